The highest BCUT2D eigenvalue weighted by atomic mass is 32.2. The second-order valence-electron chi connectivity index (χ2n) is 8.42. The lowest BCUT2D eigenvalue weighted by molar-refractivity contribution is 0.0697. The number of carbonyl (C=O) groups is 1. The van der Waals surface area contributed by atoms with Gasteiger partial charge in [-0.05, 0) is 74.0 Å². The van der Waals surface area contributed by atoms with Crippen molar-refractivity contribution in [2.45, 2.75) is 24.8 Å². The number of rotatable bonds is 6. The molecule has 9 heteroatoms. The summed E-state index contributed by atoms with van der Waals surface area (Å²) in [5.74, 6) is -1.71. The average molecular weight is 484 g/mol. The van der Waals surface area contributed by atoms with Gasteiger partial charge in [0.25, 0.3) is 10.0 Å². The van der Waals surface area contributed by atoms with Crippen molar-refractivity contribution in [1.82, 2.24) is 0 Å². The van der Waals surface area contributed by atoms with Crippen LogP contribution < -0.4 is 14.5 Å². The smallest absolute Gasteiger partial charge is 0.335 e. The molecule has 0 aliphatic carbocycles. The molecule has 1 atom stereocenters. The fraction of sp³-hybridized carbons (Fsp3) is 0.240. The third kappa shape index (κ3) is 4.99. The summed E-state index contributed by atoms with van der Waals surface area (Å²) in [6, 6.07) is 17.3. The van der Waals surface area contributed by atoms with E-state index in [1.54, 1.807) is 6.07 Å². The Hall–Kier alpha value is -3.59. The fourth-order valence-electron chi connectivity index (χ4n) is 4.21. The highest BCUT2D eigenvalue weighted by molar-refractivity contribution is 7.92. The molecule has 34 heavy (non-hydrogen) atoms. The SMILES string of the molecule is Cc1cccc(N2CCN(c3ccc(C(=O)O)cc3NS(=O)(=O)c3ccc(F)cc3)C[C@H]2C)c1. The normalized spacial score (nSPS) is 16.4. The maximum atomic E-state index is 13.3. The highest BCUT2D eigenvalue weighted by Gasteiger charge is 2.27. The molecule has 7 nitrogen and oxygen atoms in total. The van der Waals surface area contributed by atoms with E-state index in [2.05, 4.69) is 28.7 Å². The van der Waals surface area contributed by atoms with E-state index in [0.29, 0.717) is 18.8 Å². The number of piperazine rings is 1. The van der Waals surface area contributed by atoms with E-state index in [1.165, 1.54) is 29.8 Å². The van der Waals surface area contributed by atoms with Gasteiger partial charge < -0.3 is 14.9 Å². The first-order valence-corrected chi connectivity index (χ1v) is 12.4. The van der Waals surface area contributed by atoms with E-state index in [-0.39, 0.29) is 22.2 Å². The molecule has 0 bridgehead atoms. The van der Waals surface area contributed by atoms with Crippen LogP contribution in [-0.4, -0.2) is 45.2 Å². The Kier molecular flexibility index (Phi) is 6.47. The van der Waals surface area contributed by atoms with Crippen molar-refractivity contribution in [3.63, 3.8) is 0 Å². The predicted molar refractivity (Wildman–Crippen MR) is 131 cm³/mol. The first-order chi connectivity index (χ1) is 16.1. The standard InChI is InChI=1S/C25H26FN3O4S/c1-17-4-3-5-21(14-17)29-13-12-28(16-18(29)2)24-11-6-19(25(30)31)15-23(24)27-34(32,33)22-9-7-20(26)8-10-22/h3-11,14-15,18,27H,12-13,16H2,1-2H3,(H,30,31)/t18-/m1/s1. The molecule has 0 saturated carbocycles. The minimum atomic E-state index is -4.05. The van der Waals surface area contributed by atoms with Gasteiger partial charge in [-0.1, -0.05) is 12.1 Å². The number of carboxylic acids is 1. The van der Waals surface area contributed by atoms with E-state index in [4.69, 9.17) is 0 Å². The van der Waals surface area contributed by atoms with Crippen molar-refractivity contribution in [3.05, 3.63) is 83.7 Å². The summed E-state index contributed by atoms with van der Waals surface area (Å²) in [5, 5.41) is 9.44. The van der Waals surface area contributed by atoms with Crippen molar-refractivity contribution in [2.24, 2.45) is 0 Å². The van der Waals surface area contributed by atoms with Gasteiger partial charge in [0.15, 0.2) is 0 Å². The first kappa shape index (κ1) is 23.6. The highest BCUT2D eigenvalue weighted by Crippen LogP contribution is 2.32. The van der Waals surface area contributed by atoms with Crippen LogP contribution in [0.4, 0.5) is 21.5 Å². The monoisotopic (exact) mass is 483 g/mol. The Bertz CT molecular complexity index is 1310. The maximum absolute atomic E-state index is 13.3. The molecule has 0 radical (unpaired) electrons. The molecule has 3 aromatic rings. The van der Waals surface area contributed by atoms with Gasteiger partial charge in [0, 0.05) is 31.4 Å². The van der Waals surface area contributed by atoms with Gasteiger partial charge in [0.1, 0.15) is 5.82 Å². The van der Waals surface area contributed by atoms with Crippen molar-refractivity contribution in [1.29, 1.82) is 0 Å². The fourth-order valence-corrected chi connectivity index (χ4v) is 5.28. The zero-order valence-corrected chi connectivity index (χ0v) is 19.7. The molecule has 0 amide bonds. The number of aromatic carboxylic acids is 1. The number of hydrogen-bond donors (Lipinski definition) is 2. The average Bonchev–Trinajstić information content (AvgIpc) is 2.79. The minimum Gasteiger partial charge on any atom is -0.478 e. The van der Waals surface area contributed by atoms with Crippen LogP contribution in [0.15, 0.2) is 71.6 Å². The summed E-state index contributed by atoms with van der Waals surface area (Å²) in [5.41, 5.74) is 3.03. The zero-order chi connectivity index (χ0) is 24.5. The van der Waals surface area contributed by atoms with Crippen molar-refractivity contribution >= 4 is 33.1 Å². The van der Waals surface area contributed by atoms with E-state index >= 15 is 0 Å². The van der Waals surface area contributed by atoms with Gasteiger partial charge in [-0.15, -0.1) is 0 Å². The van der Waals surface area contributed by atoms with Gasteiger partial charge in [0.05, 0.1) is 21.8 Å². The molecule has 1 aliphatic heterocycles. The van der Waals surface area contributed by atoms with Crippen LogP contribution >= 0.6 is 0 Å². The number of carboxylic acid groups (broad SMARTS) is 1. The lowest BCUT2D eigenvalue weighted by Crippen LogP contribution is -2.52. The number of benzene rings is 3. The number of nitrogens with one attached hydrogen (secondary N) is 1. The number of anilines is 3. The molecule has 0 unspecified atom stereocenters. The van der Waals surface area contributed by atoms with Crippen molar-refractivity contribution < 1.29 is 22.7 Å². The van der Waals surface area contributed by atoms with Gasteiger partial charge in [-0.3, -0.25) is 4.72 Å². The van der Waals surface area contributed by atoms with E-state index in [9.17, 15) is 22.7 Å². The molecule has 4 rings (SSSR count). The van der Waals surface area contributed by atoms with Crippen LogP contribution in [0.3, 0.4) is 0 Å². The third-order valence-corrected chi connectivity index (χ3v) is 7.29. The van der Waals surface area contributed by atoms with E-state index in [1.807, 2.05) is 24.0 Å². The molecule has 2 N–H and O–H groups in total. The Morgan fingerprint density at radius 1 is 1.06 bits per heavy atom. The number of halogens is 1. The number of hydrogen-bond acceptors (Lipinski definition) is 5. The van der Waals surface area contributed by atoms with E-state index in [0.717, 1.165) is 24.4 Å². The quantitative estimate of drug-likeness (QED) is 0.542. The Labute approximate surface area is 198 Å². The summed E-state index contributed by atoms with van der Waals surface area (Å²) >= 11 is 0. The largest absolute Gasteiger partial charge is 0.478 e. The second-order valence-corrected chi connectivity index (χ2v) is 10.1. The van der Waals surface area contributed by atoms with Gasteiger partial charge in [-0.25, -0.2) is 17.6 Å². The maximum Gasteiger partial charge on any atom is 0.335 e. The van der Waals surface area contributed by atoms with Gasteiger partial charge in [-0.2, -0.15) is 0 Å². The van der Waals surface area contributed by atoms with Crippen LogP contribution in [0, 0.1) is 12.7 Å². The van der Waals surface area contributed by atoms with Crippen LogP contribution in [0.1, 0.15) is 22.8 Å². The molecular weight excluding hydrogens is 457 g/mol. The third-order valence-electron chi connectivity index (χ3n) is 5.91. The minimum absolute atomic E-state index is 0.0352. The van der Waals surface area contributed by atoms with Crippen LogP contribution in [-0.2, 0) is 10.0 Å². The molecule has 1 saturated heterocycles. The number of aryl methyl sites for hydroxylation is 1. The Balaban J connectivity index is 1.63. The predicted octanol–water partition coefficient (Wildman–Crippen LogP) is 4.35. The van der Waals surface area contributed by atoms with Crippen LogP contribution in [0.25, 0.3) is 0 Å². The molecular formula is C25H26FN3O4S. The topological polar surface area (TPSA) is 89.9 Å². The summed E-state index contributed by atoms with van der Waals surface area (Å²) in [6.07, 6.45) is 0. The van der Waals surface area contributed by atoms with Crippen molar-refractivity contribution in [2.75, 3.05) is 34.2 Å². The molecule has 1 aliphatic rings. The Morgan fingerprint density at radius 3 is 2.44 bits per heavy atom. The molecule has 0 spiro atoms. The second kappa shape index (κ2) is 9.34. The number of sulfonamides is 1. The summed E-state index contributed by atoms with van der Waals surface area (Å²) < 4.78 is 41.7. The number of nitrogens with zero attached hydrogens (tertiary/aromatic N) is 2. The van der Waals surface area contributed by atoms with E-state index < -0.39 is 21.8 Å². The van der Waals surface area contributed by atoms with Gasteiger partial charge >= 0.3 is 5.97 Å². The Morgan fingerprint density at radius 2 is 1.79 bits per heavy atom. The van der Waals surface area contributed by atoms with Crippen molar-refractivity contribution in [3.8, 4) is 0 Å². The molecule has 178 valence electrons. The summed E-state index contributed by atoms with van der Waals surface area (Å²) in [4.78, 5) is 15.8. The first-order valence-electron chi connectivity index (χ1n) is 10.9. The molecule has 1 fully saturated rings. The lowest BCUT2D eigenvalue weighted by Gasteiger charge is -2.43. The molecule has 1 heterocycles. The van der Waals surface area contributed by atoms with Crippen LogP contribution in [0.5, 0.6) is 0 Å². The lowest BCUT2D eigenvalue weighted by atomic mass is 10.1. The summed E-state index contributed by atoms with van der Waals surface area (Å²) in [7, 11) is -4.05. The molecule has 3 aromatic carbocycles. The van der Waals surface area contributed by atoms with Gasteiger partial charge in [0.2, 0.25) is 0 Å². The van der Waals surface area contributed by atoms with Crippen LogP contribution in [0.2, 0.25) is 0 Å². The molecule has 0 aromatic heterocycles. The summed E-state index contributed by atoms with van der Waals surface area (Å²) in [6.45, 7) is 6.10. The zero-order valence-electron chi connectivity index (χ0n) is 18.9.